The summed E-state index contributed by atoms with van der Waals surface area (Å²) < 4.78 is 32.4. The van der Waals surface area contributed by atoms with Crippen LogP contribution in [-0.2, 0) is 11.3 Å². The zero-order chi connectivity index (χ0) is 23.3. The van der Waals surface area contributed by atoms with Crippen molar-refractivity contribution in [1.29, 1.82) is 0 Å². The molecule has 32 heavy (non-hydrogen) atoms. The van der Waals surface area contributed by atoms with Gasteiger partial charge in [-0.15, -0.1) is 0 Å². The lowest BCUT2D eigenvalue weighted by atomic mass is 10.1. The average Bonchev–Trinajstić information content (AvgIpc) is 3.17. The summed E-state index contributed by atoms with van der Waals surface area (Å²) in [6, 6.07) is 11.0. The monoisotopic (exact) mass is 458 g/mol. The van der Waals surface area contributed by atoms with Gasteiger partial charge in [-0.3, -0.25) is 4.98 Å². The number of aromatic nitrogens is 1. The minimum absolute atomic E-state index is 0.162. The van der Waals surface area contributed by atoms with Gasteiger partial charge in [-0.1, -0.05) is 0 Å². The van der Waals surface area contributed by atoms with Crippen molar-refractivity contribution in [3.8, 4) is 5.75 Å². The Kier molecular flexibility index (Phi) is 7.80. The summed E-state index contributed by atoms with van der Waals surface area (Å²) >= 11 is 1.33. The number of pyridine rings is 1. The van der Waals surface area contributed by atoms with Crippen LogP contribution < -0.4 is 9.04 Å². The lowest BCUT2D eigenvalue weighted by molar-refractivity contribution is 0.0600. The number of benzene rings is 1. The molecular formula is C24H27FN2O4S. The van der Waals surface area contributed by atoms with Gasteiger partial charge in [-0.05, 0) is 75.2 Å². The maximum Gasteiger partial charge on any atom is 0.339 e. The fraction of sp³-hybridized carbons (Fsp3) is 0.333. The first-order valence-electron chi connectivity index (χ1n) is 10.2. The summed E-state index contributed by atoms with van der Waals surface area (Å²) in [5.41, 5.74) is 3.91. The van der Waals surface area contributed by atoms with Gasteiger partial charge in [-0.25, -0.2) is 9.18 Å². The zero-order valence-electron chi connectivity index (χ0n) is 18.8. The van der Waals surface area contributed by atoms with Gasteiger partial charge in [0.2, 0.25) is 0 Å². The smallest absolute Gasteiger partial charge is 0.339 e. The fourth-order valence-corrected chi connectivity index (χ4v) is 4.00. The number of carbonyl (C=O) groups is 1. The summed E-state index contributed by atoms with van der Waals surface area (Å²) in [6.07, 6.45) is 0.401. The number of carbonyl (C=O) groups excluding carboxylic acids is 1. The third kappa shape index (κ3) is 6.03. The first-order chi connectivity index (χ1) is 15.3. The largest absolute Gasteiger partial charge is 0.485 e. The zero-order valence-corrected chi connectivity index (χ0v) is 19.7. The minimum Gasteiger partial charge on any atom is -0.485 e. The molecule has 0 fully saturated rings. The van der Waals surface area contributed by atoms with Gasteiger partial charge >= 0.3 is 5.97 Å². The summed E-state index contributed by atoms with van der Waals surface area (Å²) in [5.74, 6) is 0.963. The van der Waals surface area contributed by atoms with Crippen molar-refractivity contribution in [3.63, 3.8) is 0 Å². The molecule has 0 saturated carbocycles. The molecule has 170 valence electrons. The molecule has 0 aliphatic rings. The van der Waals surface area contributed by atoms with Crippen molar-refractivity contribution in [3.05, 3.63) is 70.7 Å². The lowest BCUT2D eigenvalue weighted by Crippen LogP contribution is -2.23. The number of nitrogens with zero attached hydrogens (tertiary/aromatic N) is 2. The molecule has 0 aliphatic carbocycles. The fourth-order valence-electron chi connectivity index (χ4n) is 2.97. The van der Waals surface area contributed by atoms with Crippen LogP contribution in [0.1, 0.15) is 39.9 Å². The molecule has 1 unspecified atom stereocenters. The van der Waals surface area contributed by atoms with Crippen LogP contribution in [0.25, 0.3) is 0 Å². The van der Waals surface area contributed by atoms with E-state index in [1.54, 1.807) is 12.1 Å². The standard InChI is InChI=1S/C24H27FN2O4S/c1-15-10-21(27(13-17(3)25)32-23-9-6-18(4)31-23)22(11-16(15)2)30-14-20-8-7-19(12-26-20)24(28)29-5/h6-12,17H,13-14H2,1-5H3. The Bertz CT molecular complexity index is 1070. The van der Waals surface area contributed by atoms with E-state index in [0.29, 0.717) is 22.1 Å². The molecule has 6 nitrogen and oxygen atoms in total. The van der Waals surface area contributed by atoms with Gasteiger partial charge < -0.3 is 18.2 Å². The van der Waals surface area contributed by atoms with E-state index in [-0.39, 0.29) is 13.2 Å². The van der Waals surface area contributed by atoms with Gasteiger partial charge in [0.15, 0.2) is 5.09 Å². The Hall–Kier alpha value is -3.00. The third-order valence-electron chi connectivity index (χ3n) is 4.80. The van der Waals surface area contributed by atoms with E-state index in [1.165, 1.54) is 32.2 Å². The highest BCUT2D eigenvalue weighted by atomic mass is 32.2. The molecule has 2 heterocycles. The number of rotatable bonds is 9. The first-order valence-corrected chi connectivity index (χ1v) is 11.0. The van der Waals surface area contributed by atoms with E-state index < -0.39 is 12.1 Å². The molecule has 8 heteroatoms. The van der Waals surface area contributed by atoms with Crippen molar-refractivity contribution in [2.45, 2.75) is 45.6 Å². The van der Waals surface area contributed by atoms with Crippen LogP contribution in [-0.4, -0.2) is 30.8 Å². The molecule has 2 aromatic heterocycles. The molecule has 0 saturated heterocycles. The van der Waals surface area contributed by atoms with Crippen LogP contribution in [0.2, 0.25) is 0 Å². The van der Waals surface area contributed by atoms with Gasteiger partial charge in [-0.2, -0.15) is 0 Å². The maximum atomic E-state index is 14.1. The van der Waals surface area contributed by atoms with Crippen LogP contribution in [0.5, 0.6) is 5.75 Å². The molecule has 0 spiro atoms. The minimum atomic E-state index is -1.06. The van der Waals surface area contributed by atoms with Crippen molar-refractivity contribution in [1.82, 2.24) is 4.98 Å². The van der Waals surface area contributed by atoms with Crippen LogP contribution in [0.15, 0.2) is 52.1 Å². The summed E-state index contributed by atoms with van der Waals surface area (Å²) in [5, 5.41) is 0.674. The SMILES string of the molecule is COC(=O)c1ccc(COc2cc(C)c(C)cc2N(CC(C)F)Sc2ccc(C)o2)nc1. The van der Waals surface area contributed by atoms with E-state index in [4.69, 9.17) is 13.9 Å². The predicted octanol–water partition coefficient (Wildman–Crippen LogP) is 5.84. The second-order valence-corrected chi connectivity index (χ2v) is 8.55. The molecule has 0 N–H and O–H groups in total. The van der Waals surface area contributed by atoms with Crippen LogP contribution >= 0.6 is 11.9 Å². The highest BCUT2D eigenvalue weighted by Gasteiger charge is 2.20. The summed E-state index contributed by atoms with van der Waals surface area (Å²) in [7, 11) is 1.33. The van der Waals surface area contributed by atoms with Gasteiger partial charge in [0.05, 0.1) is 30.6 Å². The number of hydrogen-bond acceptors (Lipinski definition) is 7. The molecule has 0 aliphatic heterocycles. The Balaban J connectivity index is 1.86. The maximum absolute atomic E-state index is 14.1. The van der Waals surface area contributed by atoms with Gasteiger partial charge in [0.1, 0.15) is 24.3 Å². The van der Waals surface area contributed by atoms with Crippen molar-refractivity contribution in [2.24, 2.45) is 0 Å². The topological polar surface area (TPSA) is 64.8 Å². The molecule has 0 amide bonds. The predicted molar refractivity (Wildman–Crippen MR) is 123 cm³/mol. The second kappa shape index (κ2) is 10.5. The third-order valence-corrected chi connectivity index (χ3v) is 5.76. The van der Waals surface area contributed by atoms with Gasteiger partial charge in [0.25, 0.3) is 0 Å². The van der Waals surface area contributed by atoms with E-state index in [2.05, 4.69) is 4.98 Å². The molecule has 1 aromatic carbocycles. The van der Waals surface area contributed by atoms with Crippen LogP contribution in [0.4, 0.5) is 10.1 Å². The Morgan fingerprint density at radius 1 is 1.19 bits per heavy atom. The molecule has 3 rings (SSSR count). The number of alkyl halides is 1. The van der Waals surface area contributed by atoms with Crippen molar-refractivity contribution in [2.75, 3.05) is 18.0 Å². The van der Waals surface area contributed by atoms with Gasteiger partial charge in [0, 0.05) is 18.1 Å². The number of methoxy groups -OCH3 is 1. The number of esters is 1. The molecule has 0 bridgehead atoms. The van der Waals surface area contributed by atoms with E-state index in [0.717, 1.165) is 22.6 Å². The molecule has 0 radical (unpaired) electrons. The van der Waals surface area contributed by atoms with E-state index in [1.807, 2.05) is 49.3 Å². The van der Waals surface area contributed by atoms with Crippen LogP contribution in [0.3, 0.4) is 0 Å². The number of halogens is 1. The highest BCUT2D eigenvalue weighted by Crippen LogP contribution is 2.39. The number of aryl methyl sites for hydroxylation is 3. The quantitative estimate of drug-likeness (QED) is 0.295. The molecule has 3 aromatic rings. The number of furan rings is 1. The highest BCUT2D eigenvalue weighted by molar-refractivity contribution is 8.00. The number of ether oxygens (including phenoxy) is 2. The Morgan fingerprint density at radius 2 is 1.94 bits per heavy atom. The summed E-state index contributed by atoms with van der Waals surface area (Å²) in [4.78, 5) is 15.9. The molecule has 1 atom stereocenters. The molecular weight excluding hydrogens is 431 g/mol. The number of anilines is 1. The van der Waals surface area contributed by atoms with Crippen LogP contribution in [0, 0.1) is 20.8 Å². The van der Waals surface area contributed by atoms with E-state index >= 15 is 0 Å². The lowest BCUT2D eigenvalue weighted by Gasteiger charge is -2.26. The average molecular weight is 459 g/mol. The summed E-state index contributed by atoms with van der Waals surface area (Å²) in [6.45, 7) is 7.76. The van der Waals surface area contributed by atoms with Crippen molar-refractivity contribution >= 4 is 23.6 Å². The number of hydrogen-bond donors (Lipinski definition) is 0. The van der Waals surface area contributed by atoms with E-state index in [9.17, 15) is 9.18 Å². The van der Waals surface area contributed by atoms with Crippen molar-refractivity contribution < 1.29 is 23.1 Å². The Morgan fingerprint density at radius 3 is 2.53 bits per heavy atom. The first kappa shape index (κ1) is 23.7. The normalized spacial score (nSPS) is 11.8. The second-order valence-electron chi connectivity index (χ2n) is 7.52. The Labute approximate surface area is 191 Å².